The summed E-state index contributed by atoms with van der Waals surface area (Å²) in [6.45, 7) is 2.31. The summed E-state index contributed by atoms with van der Waals surface area (Å²) >= 11 is 0. The molecule has 0 bridgehead atoms. The molecule has 0 radical (unpaired) electrons. The number of nitrogens with two attached hydrogens (primary N) is 1. The summed E-state index contributed by atoms with van der Waals surface area (Å²) in [5.41, 5.74) is 2.63. The van der Waals surface area contributed by atoms with Crippen LogP contribution in [-0.4, -0.2) is 25.8 Å². The van der Waals surface area contributed by atoms with E-state index < -0.39 is 17.1 Å². The molecule has 2 unspecified atom stereocenters. The lowest BCUT2D eigenvalue weighted by molar-refractivity contribution is 0.191. The second-order valence-electron chi connectivity index (χ2n) is 6.03. The lowest BCUT2D eigenvalue weighted by Crippen LogP contribution is -2.13. The first-order valence-corrected chi connectivity index (χ1v) is 9.57. The predicted octanol–water partition coefficient (Wildman–Crippen LogP) is 2.66. The third kappa shape index (κ3) is 5.33. The van der Waals surface area contributed by atoms with Crippen molar-refractivity contribution in [1.82, 2.24) is 9.97 Å². The molecule has 0 amide bonds. The molecule has 2 atom stereocenters. The molecule has 27 heavy (non-hydrogen) atoms. The summed E-state index contributed by atoms with van der Waals surface area (Å²) in [7, 11) is -1.55. The third-order valence-electron chi connectivity index (χ3n) is 3.88. The Bertz CT molecular complexity index is 951. The molecular weight excluding hydrogens is 362 g/mol. The smallest absolute Gasteiger partial charge is 0.229 e. The van der Waals surface area contributed by atoms with Crippen LogP contribution in [0, 0.1) is 6.92 Å². The van der Waals surface area contributed by atoms with Crippen LogP contribution in [0.5, 0.6) is 0 Å². The Morgan fingerprint density at radius 3 is 2.78 bits per heavy atom. The van der Waals surface area contributed by atoms with Gasteiger partial charge in [-0.15, -0.1) is 0 Å². The Kier molecular flexibility index (Phi) is 6.12. The van der Waals surface area contributed by atoms with E-state index >= 15 is 0 Å². The maximum Gasteiger partial charge on any atom is 0.229 e. The van der Waals surface area contributed by atoms with E-state index in [1.54, 1.807) is 36.5 Å². The fourth-order valence-electron chi connectivity index (χ4n) is 2.54. The molecule has 0 fully saturated rings. The Labute approximate surface area is 160 Å². The first kappa shape index (κ1) is 19.0. The fourth-order valence-corrected chi connectivity index (χ4v) is 3.00. The normalized spacial score (nSPS) is 13.0. The quantitative estimate of drug-likeness (QED) is 0.499. The first-order valence-electron chi connectivity index (χ1n) is 8.36. The number of aliphatic hydroxyl groups excluding tert-OH is 1. The van der Waals surface area contributed by atoms with Crippen molar-refractivity contribution in [2.45, 2.75) is 17.9 Å². The highest BCUT2D eigenvalue weighted by molar-refractivity contribution is 7.82. The highest BCUT2D eigenvalue weighted by Gasteiger charge is 2.08. The summed E-state index contributed by atoms with van der Waals surface area (Å²) in [6.07, 6.45) is 0.967. The van der Waals surface area contributed by atoms with Crippen molar-refractivity contribution in [2.24, 2.45) is 5.14 Å². The highest BCUT2D eigenvalue weighted by Crippen LogP contribution is 2.18. The number of aryl methyl sites for hydroxylation is 1. The fraction of sp³-hybridized carbons (Fsp3) is 0.158. The first-order chi connectivity index (χ1) is 13.0. The van der Waals surface area contributed by atoms with Crippen molar-refractivity contribution in [3.63, 3.8) is 0 Å². The van der Waals surface area contributed by atoms with E-state index in [0.717, 1.165) is 11.1 Å². The van der Waals surface area contributed by atoms with Crippen LogP contribution in [0.3, 0.4) is 0 Å². The molecule has 140 valence electrons. The zero-order chi connectivity index (χ0) is 19.2. The molecule has 0 spiro atoms. The molecule has 3 aromatic rings. The Balaban J connectivity index is 1.65. The number of benzene rings is 2. The summed E-state index contributed by atoms with van der Waals surface area (Å²) < 4.78 is 11.4. The maximum atomic E-state index is 11.4. The van der Waals surface area contributed by atoms with Crippen LogP contribution in [0.25, 0.3) is 0 Å². The number of hydrogen-bond acceptors (Lipinski definition) is 6. The summed E-state index contributed by atoms with van der Waals surface area (Å²) in [4.78, 5) is 9.06. The van der Waals surface area contributed by atoms with Gasteiger partial charge < -0.3 is 15.7 Å². The molecule has 1 heterocycles. The average molecular weight is 383 g/mol. The van der Waals surface area contributed by atoms with Gasteiger partial charge in [0.15, 0.2) is 0 Å². The van der Waals surface area contributed by atoms with Crippen LogP contribution in [0.4, 0.5) is 17.5 Å². The van der Waals surface area contributed by atoms with E-state index in [1.807, 2.05) is 31.2 Å². The molecule has 0 aliphatic rings. The zero-order valence-corrected chi connectivity index (χ0v) is 15.6. The molecule has 1 aromatic heterocycles. The van der Waals surface area contributed by atoms with Crippen LogP contribution in [0.1, 0.15) is 17.2 Å². The van der Waals surface area contributed by atoms with Gasteiger partial charge >= 0.3 is 0 Å². The molecule has 7 nitrogen and oxygen atoms in total. The van der Waals surface area contributed by atoms with Gasteiger partial charge in [0.2, 0.25) is 5.95 Å². The summed E-state index contributed by atoms with van der Waals surface area (Å²) in [5.74, 6) is 0.961. The second-order valence-corrected chi connectivity index (χ2v) is 7.09. The number of nitrogens with one attached hydrogen (secondary N) is 2. The van der Waals surface area contributed by atoms with E-state index in [-0.39, 0.29) is 0 Å². The van der Waals surface area contributed by atoms with Gasteiger partial charge in [0, 0.05) is 18.4 Å². The lowest BCUT2D eigenvalue weighted by Gasteiger charge is -2.14. The monoisotopic (exact) mass is 383 g/mol. The number of anilines is 3. The molecule has 0 saturated heterocycles. The van der Waals surface area contributed by atoms with Crippen molar-refractivity contribution in [3.8, 4) is 0 Å². The van der Waals surface area contributed by atoms with Gasteiger partial charge in [-0.1, -0.05) is 35.9 Å². The second kappa shape index (κ2) is 8.72. The number of nitrogens with zero attached hydrogens (tertiary/aromatic N) is 2. The van der Waals surface area contributed by atoms with Crippen LogP contribution < -0.4 is 15.8 Å². The standard InChI is InChI=1S/C19H21N5O2S/c1-13-4-2-5-14(10-13)17(25)12-22-18-8-9-21-19(24-18)23-15-6-3-7-16(11-15)27(20)26/h2-11,17,25H,12,20H2,1H3,(H2,21,22,23,24). The topological polar surface area (TPSA) is 113 Å². The van der Waals surface area contributed by atoms with Gasteiger partial charge in [-0.3, -0.25) is 0 Å². The van der Waals surface area contributed by atoms with Crippen LogP contribution in [-0.2, 0) is 11.0 Å². The number of rotatable bonds is 7. The minimum atomic E-state index is -1.55. The largest absolute Gasteiger partial charge is 0.387 e. The van der Waals surface area contributed by atoms with Gasteiger partial charge in [0.05, 0.1) is 11.0 Å². The third-order valence-corrected chi connectivity index (χ3v) is 4.60. The molecule has 8 heteroatoms. The van der Waals surface area contributed by atoms with E-state index in [4.69, 9.17) is 5.14 Å². The molecule has 0 aliphatic heterocycles. The highest BCUT2D eigenvalue weighted by atomic mass is 32.2. The summed E-state index contributed by atoms with van der Waals surface area (Å²) in [5, 5.41) is 21.9. The molecule has 0 aliphatic carbocycles. The Morgan fingerprint density at radius 1 is 1.19 bits per heavy atom. The predicted molar refractivity (Wildman–Crippen MR) is 107 cm³/mol. The van der Waals surface area contributed by atoms with Gasteiger partial charge in [-0.25, -0.2) is 14.3 Å². The Morgan fingerprint density at radius 2 is 2.00 bits per heavy atom. The van der Waals surface area contributed by atoms with Crippen LogP contribution >= 0.6 is 0 Å². The molecular formula is C19H21N5O2S. The van der Waals surface area contributed by atoms with Crippen molar-refractivity contribution in [1.29, 1.82) is 0 Å². The van der Waals surface area contributed by atoms with Gasteiger partial charge in [-0.05, 0) is 36.8 Å². The van der Waals surface area contributed by atoms with Gasteiger partial charge in [0.1, 0.15) is 16.8 Å². The number of hydrogen-bond donors (Lipinski definition) is 4. The minimum absolute atomic E-state index is 0.321. The SMILES string of the molecule is Cc1cccc(C(O)CNc2ccnc(Nc3cccc(S(N)=O)c3)n2)c1. The lowest BCUT2D eigenvalue weighted by atomic mass is 10.1. The average Bonchev–Trinajstić information content (AvgIpc) is 2.66. The molecule has 5 N–H and O–H groups in total. The number of aromatic nitrogens is 2. The molecule has 0 saturated carbocycles. The molecule has 2 aromatic carbocycles. The van der Waals surface area contributed by atoms with E-state index in [1.165, 1.54) is 0 Å². The minimum Gasteiger partial charge on any atom is -0.387 e. The van der Waals surface area contributed by atoms with Crippen LogP contribution in [0.15, 0.2) is 65.7 Å². The zero-order valence-electron chi connectivity index (χ0n) is 14.8. The van der Waals surface area contributed by atoms with Crippen LogP contribution in [0.2, 0.25) is 0 Å². The van der Waals surface area contributed by atoms with E-state index in [0.29, 0.717) is 28.9 Å². The molecule has 3 rings (SSSR count). The number of aliphatic hydroxyl groups is 1. The van der Waals surface area contributed by atoms with E-state index in [2.05, 4.69) is 20.6 Å². The van der Waals surface area contributed by atoms with Crippen molar-refractivity contribution < 1.29 is 9.32 Å². The van der Waals surface area contributed by atoms with E-state index in [9.17, 15) is 9.32 Å². The maximum absolute atomic E-state index is 11.4. The van der Waals surface area contributed by atoms with Crippen molar-refractivity contribution in [2.75, 3.05) is 17.2 Å². The summed E-state index contributed by atoms with van der Waals surface area (Å²) in [6, 6.07) is 16.4. The van der Waals surface area contributed by atoms with Crippen molar-refractivity contribution >= 4 is 28.4 Å². The van der Waals surface area contributed by atoms with Crippen molar-refractivity contribution in [3.05, 3.63) is 71.9 Å². The Hall–Kier alpha value is -2.81. The van der Waals surface area contributed by atoms with Gasteiger partial charge in [0.25, 0.3) is 0 Å². The van der Waals surface area contributed by atoms with Gasteiger partial charge in [-0.2, -0.15) is 4.98 Å².